The van der Waals surface area contributed by atoms with Gasteiger partial charge in [0.25, 0.3) is 0 Å². The molecule has 3 nitrogen and oxygen atoms in total. The van der Waals surface area contributed by atoms with Crippen molar-refractivity contribution in [3.63, 3.8) is 0 Å². The molecule has 0 aliphatic heterocycles. The number of aryl methyl sites for hydroxylation is 1. The van der Waals surface area contributed by atoms with Crippen LogP contribution in [0.5, 0.6) is 0 Å². The van der Waals surface area contributed by atoms with Gasteiger partial charge in [-0.1, -0.05) is 6.07 Å². The molecule has 4 heteroatoms. The van der Waals surface area contributed by atoms with E-state index in [2.05, 4.69) is 4.99 Å². The van der Waals surface area contributed by atoms with Crippen molar-refractivity contribution < 1.29 is 14.0 Å². The summed E-state index contributed by atoms with van der Waals surface area (Å²) in [6.45, 7) is 2.95. The molecule has 0 heterocycles. The fourth-order valence-electron chi connectivity index (χ4n) is 1.27. The predicted octanol–water partition coefficient (Wildman–Crippen LogP) is 2.30. The molecule has 1 rings (SSSR count). The zero-order valence-corrected chi connectivity index (χ0v) is 7.80. The van der Waals surface area contributed by atoms with E-state index in [1.54, 1.807) is 6.92 Å². The molecule has 0 saturated carbocycles. The fraction of sp³-hybridized carbons (Fsp3) is 0.200. The van der Waals surface area contributed by atoms with Gasteiger partial charge in [-0.3, -0.25) is 4.79 Å². The van der Waals surface area contributed by atoms with Gasteiger partial charge in [-0.2, -0.15) is 4.99 Å². The van der Waals surface area contributed by atoms with E-state index in [1.165, 1.54) is 19.1 Å². The van der Waals surface area contributed by atoms with Crippen LogP contribution in [0.2, 0.25) is 0 Å². The van der Waals surface area contributed by atoms with E-state index < -0.39 is 5.82 Å². The second-order valence-electron chi connectivity index (χ2n) is 2.85. The lowest BCUT2D eigenvalue weighted by atomic mass is 10.0. The van der Waals surface area contributed by atoms with Gasteiger partial charge < -0.3 is 0 Å². The Morgan fingerprint density at radius 1 is 1.50 bits per heavy atom. The normalized spacial score (nSPS) is 9.36. The minimum absolute atomic E-state index is 0.133. The molecule has 0 amide bonds. The van der Waals surface area contributed by atoms with E-state index in [0.717, 1.165) is 6.07 Å². The van der Waals surface area contributed by atoms with Gasteiger partial charge in [0.1, 0.15) is 11.5 Å². The Morgan fingerprint density at radius 2 is 2.14 bits per heavy atom. The quantitative estimate of drug-likeness (QED) is 0.411. The Kier molecular flexibility index (Phi) is 2.89. The van der Waals surface area contributed by atoms with Crippen LogP contribution in [0.15, 0.2) is 17.1 Å². The lowest BCUT2D eigenvalue weighted by molar-refractivity contribution is 0.101. The van der Waals surface area contributed by atoms with Gasteiger partial charge in [-0.15, -0.1) is 0 Å². The van der Waals surface area contributed by atoms with Gasteiger partial charge in [0.2, 0.25) is 6.08 Å². The molecular formula is C10H8FNO2. The van der Waals surface area contributed by atoms with Crippen molar-refractivity contribution in [1.29, 1.82) is 0 Å². The van der Waals surface area contributed by atoms with Crippen LogP contribution in [0.3, 0.4) is 0 Å². The first-order chi connectivity index (χ1) is 6.57. The second kappa shape index (κ2) is 3.94. The van der Waals surface area contributed by atoms with E-state index in [-0.39, 0.29) is 17.0 Å². The lowest BCUT2D eigenvalue weighted by Crippen LogP contribution is -1.98. The molecule has 1 aromatic carbocycles. The third-order valence-corrected chi connectivity index (χ3v) is 1.85. The number of benzene rings is 1. The van der Waals surface area contributed by atoms with Crippen molar-refractivity contribution in [2.24, 2.45) is 4.99 Å². The summed E-state index contributed by atoms with van der Waals surface area (Å²) >= 11 is 0. The molecule has 0 N–H and O–H groups in total. The van der Waals surface area contributed by atoms with Crippen LogP contribution in [0, 0.1) is 12.7 Å². The highest BCUT2D eigenvalue weighted by Crippen LogP contribution is 2.26. The monoisotopic (exact) mass is 193 g/mol. The molecule has 0 unspecified atom stereocenters. The number of Topliss-reactive ketones (excluding diaryl/α,β-unsaturated/α-hetero) is 1. The zero-order chi connectivity index (χ0) is 10.7. The summed E-state index contributed by atoms with van der Waals surface area (Å²) in [5, 5.41) is 0. The van der Waals surface area contributed by atoms with Crippen molar-refractivity contribution in [3.8, 4) is 0 Å². The van der Waals surface area contributed by atoms with Gasteiger partial charge in [0.15, 0.2) is 5.78 Å². The number of carbonyl (C=O) groups excluding carboxylic acids is 2. The first-order valence-corrected chi connectivity index (χ1v) is 3.96. The maximum atomic E-state index is 13.2. The molecule has 14 heavy (non-hydrogen) atoms. The topological polar surface area (TPSA) is 46.5 Å². The van der Waals surface area contributed by atoms with Crippen molar-refractivity contribution in [2.75, 3.05) is 0 Å². The average Bonchev–Trinajstić information content (AvgIpc) is 2.11. The number of ketones is 1. The number of isocyanates is 1. The van der Waals surface area contributed by atoms with E-state index in [1.807, 2.05) is 0 Å². The first-order valence-electron chi connectivity index (χ1n) is 3.96. The highest BCUT2D eigenvalue weighted by Gasteiger charge is 2.14. The largest absolute Gasteiger partial charge is 0.294 e. The third-order valence-electron chi connectivity index (χ3n) is 1.85. The highest BCUT2D eigenvalue weighted by molar-refractivity contribution is 6.00. The van der Waals surface area contributed by atoms with Gasteiger partial charge >= 0.3 is 0 Å². The smallest absolute Gasteiger partial charge is 0.240 e. The Hall–Kier alpha value is -1.80. The number of nitrogens with zero attached hydrogens (tertiary/aromatic N) is 1. The Labute approximate surface area is 80.3 Å². The molecule has 0 aromatic heterocycles. The van der Waals surface area contributed by atoms with E-state index in [9.17, 15) is 14.0 Å². The summed E-state index contributed by atoms with van der Waals surface area (Å²) in [4.78, 5) is 24.4. The van der Waals surface area contributed by atoms with Crippen molar-refractivity contribution in [2.45, 2.75) is 13.8 Å². The molecule has 0 fully saturated rings. The Balaban J connectivity index is 3.57. The summed E-state index contributed by atoms with van der Waals surface area (Å²) in [7, 11) is 0. The van der Waals surface area contributed by atoms with Gasteiger partial charge in [0.05, 0.1) is 0 Å². The summed E-state index contributed by atoms with van der Waals surface area (Å²) in [6.07, 6.45) is 1.23. The Bertz CT molecular complexity index is 407. The summed E-state index contributed by atoms with van der Waals surface area (Å²) in [6, 6.07) is 2.63. The highest BCUT2D eigenvalue weighted by atomic mass is 19.1. The maximum Gasteiger partial charge on any atom is 0.240 e. The zero-order valence-electron chi connectivity index (χ0n) is 7.80. The molecular weight excluding hydrogens is 185 g/mol. The Morgan fingerprint density at radius 3 is 2.64 bits per heavy atom. The van der Waals surface area contributed by atoms with Crippen LogP contribution >= 0.6 is 0 Å². The van der Waals surface area contributed by atoms with Crippen molar-refractivity contribution >= 4 is 17.6 Å². The third kappa shape index (κ3) is 1.75. The molecule has 0 aliphatic rings. The van der Waals surface area contributed by atoms with Gasteiger partial charge in [-0.05, 0) is 25.5 Å². The van der Waals surface area contributed by atoms with Crippen LogP contribution in [0.25, 0.3) is 0 Å². The number of hydrogen-bond acceptors (Lipinski definition) is 3. The first kappa shape index (κ1) is 10.3. The number of halogens is 1. The van der Waals surface area contributed by atoms with Crippen molar-refractivity contribution in [1.82, 2.24) is 0 Å². The summed E-state index contributed by atoms with van der Waals surface area (Å²) < 4.78 is 13.2. The van der Waals surface area contributed by atoms with Crippen LogP contribution in [-0.4, -0.2) is 11.9 Å². The molecule has 0 spiro atoms. The molecule has 0 saturated heterocycles. The van der Waals surface area contributed by atoms with Gasteiger partial charge in [-0.25, -0.2) is 9.18 Å². The van der Waals surface area contributed by atoms with E-state index >= 15 is 0 Å². The van der Waals surface area contributed by atoms with Crippen LogP contribution in [0.4, 0.5) is 10.1 Å². The fourth-order valence-corrected chi connectivity index (χ4v) is 1.27. The standard InChI is InChI=1S/C10H8FNO2/c1-6-3-4-8(11)10(12-5-13)9(6)7(2)14/h3-4H,1-2H3. The van der Waals surface area contributed by atoms with Gasteiger partial charge in [0, 0.05) is 5.56 Å². The van der Waals surface area contributed by atoms with Crippen LogP contribution in [0.1, 0.15) is 22.8 Å². The number of rotatable bonds is 2. The SMILES string of the molecule is CC(=O)c1c(C)ccc(F)c1N=C=O. The van der Waals surface area contributed by atoms with Crippen LogP contribution in [-0.2, 0) is 4.79 Å². The molecule has 0 bridgehead atoms. The summed E-state index contributed by atoms with van der Waals surface area (Å²) in [5.74, 6) is -1.01. The molecule has 0 aliphatic carbocycles. The molecule has 1 aromatic rings. The van der Waals surface area contributed by atoms with Crippen molar-refractivity contribution in [3.05, 3.63) is 29.1 Å². The van der Waals surface area contributed by atoms with Crippen LogP contribution < -0.4 is 0 Å². The maximum absolute atomic E-state index is 13.2. The summed E-state index contributed by atoms with van der Waals surface area (Å²) in [5.41, 5.74) is 0.494. The number of hydrogen-bond donors (Lipinski definition) is 0. The molecule has 0 atom stereocenters. The minimum Gasteiger partial charge on any atom is -0.294 e. The number of carbonyl (C=O) groups is 1. The molecule has 0 radical (unpaired) electrons. The predicted molar refractivity (Wildman–Crippen MR) is 48.9 cm³/mol. The van der Waals surface area contributed by atoms with E-state index in [4.69, 9.17) is 0 Å². The lowest BCUT2D eigenvalue weighted by Gasteiger charge is -2.05. The molecule has 72 valence electrons. The van der Waals surface area contributed by atoms with E-state index in [0.29, 0.717) is 5.56 Å². The second-order valence-corrected chi connectivity index (χ2v) is 2.85. The average molecular weight is 193 g/mol. The minimum atomic E-state index is -0.691. The number of aliphatic imine (C=N–C) groups is 1.